The van der Waals surface area contributed by atoms with Gasteiger partial charge >= 0.3 is 0 Å². The number of rotatable bonds is 3. The van der Waals surface area contributed by atoms with Crippen LogP contribution in [0.4, 0.5) is 0 Å². The van der Waals surface area contributed by atoms with Gasteiger partial charge in [0, 0.05) is 18.7 Å². The van der Waals surface area contributed by atoms with Gasteiger partial charge in [-0.25, -0.2) is 4.98 Å². The zero-order chi connectivity index (χ0) is 17.4. The molecule has 1 aliphatic rings. The van der Waals surface area contributed by atoms with E-state index < -0.39 is 0 Å². The van der Waals surface area contributed by atoms with E-state index in [9.17, 15) is 4.79 Å². The Morgan fingerprint density at radius 2 is 2.04 bits per heavy atom. The van der Waals surface area contributed by atoms with Gasteiger partial charge in [0.25, 0.3) is 5.91 Å². The number of carbonyl (C=O) groups excluding carboxylic acids is 1. The molecule has 7 nitrogen and oxygen atoms in total. The first-order valence-electron chi connectivity index (χ1n) is 8.22. The quantitative estimate of drug-likeness (QED) is 0.730. The summed E-state index contributed by atoms with van der Waals surface area (Å²) < 4.78 is 10.7. The van der Waals surface area contributed by atoms with Crippen molar-refractivity contribution in [3.63, 3.8) is 0 Å². The Balaban J connectivity index is 1.54. The molecule has 0 spiro atoms. The van der Waals surface area contributed by atoms with E-state index in [1.54, 1.807) is 11.8 Å². The molecular weight excluding hydrogens is 320 g/mol. The second kappa shape index (κ2) is 6.16. The molecular formula is C18H18N4O3. The van der Waals surface area contributed by atoms with Gasteiger partial charge in [-0.15, -0.1) is 0 Å². The van der Waals surface area contributed by atoms with Crippen molar-refractivity contribution in [3.05, 3.63) is 53.6 Å². The SMILES string of the molecule is Cc1ccc(-c2ocnc2C(=O)N2CC[C@H](c3nc(C)no3)C2)cc1. The number of amides is 1. The number of oxazole rings is 1. The van der Waals surface area contributed by atoms with E-state index in [-0.39, 0.29) is 11.8 Å². The minimum absolute atomic E-state index is 0.0693. The highest BCUT2D eigenvalue weighted by molar-refractivity contribution is 5.97. The van der Waals surface area contributed by atoms with Crippen LogP contribution in [0.15, 0.2) is 39.6 Å². The second-order valence-electron chi connectivity index (χ2n) is 6.31. The normalized spacial score (nSPS) is 17.2. The summed E-state index contributed by atoms with van der Waals surface area (Å²) in [5, 5.41) is 3.82. The van der Waals surface area contributed by atoms with Gasteiger partial charge in [-0.3, -0.25) is 4.79 Å². The van der Waals surface area contributed by atoms with E-state index in [0.717, 1.165) is 17.5 Å². The molecule has 7 heteroatoms. The van der Waals surface area contributed by atoms with E-state index in [2.05, 4.69) is 15.1 Å². The number of benzene rings is 1. The number of carbonyl (C=O) groups is 1. The van der Waals surface area contributed by atoms with Crippen LogP contribution in [-0.4, -0.2) is 39.0 Å². The van der Waals surface area contributed by atoms with Crippen LogP contribution in [0, 0.1) is 13.8 Å². The molecule has 128 valence electrons. The summed E-state index contributed by atoms with van der Waals surface area (Å²) in [6.07, 6.45) is 2.11. The Morgan fingerprint density at radius 1 is 1.24 bits per heavy atom. The van der Waals surface area contributed by atoms with E-state index in [0.29, 0.717) is 36.3 Å². The minimum Gasteiger partial charge on any atom is -0.443 e. The first-order chi connectivity index (χ1) is 12.1. The average molecular weight is 338 g/mol. The molecule has 1 fully saturated rings. The summed E-state index contributed by atoms with van der Waals surface area (Å²) in [5.41, 5.74) is 2.33. The first-order valence-corrected chi connectivity index (χ1v) is 8.22. The van der Waals surface area contributed by atoms with E-state index >= 15 is 0 Å². The number of hydrogen-bond acceptors (Lipinski definition) is 6. The highest BCUT2D eigenvalue weighted by Crippen LogP contribution is 2.29. The lowest BCUT2D eigenvalue weighted by Gasteiger charge is -2.14. The summed E-state index contributed by atoms with van der Waals surface area (Å²) in [6.45, 7) is 4.97. The van der Waals surface area contributed by atoms with Gasteiger partial charge < -0.3 is 13.8 Å². The standard InChI is InChI=1S/C18H18N4O3/c1-11-3-5-13(6-4-11)16-15(19-10-24-16)18(23)22-8-7-14(9-22)17-20-12(2)21-25-17/h3-6,10,14H,7-9H2,1-2H3/t14-/m0/s1. The van der Waals surface area contributed by atoms with Crippen molar-refractivity contribution < 1.29 is 13.7 Å². The maximum atomic E-state index is 12.9. The van der Waals surface area contributed by atoms with Gasteiger partial charge in [0.2, 0.25) is 5.89 Å². The number of hydrogen-bond donors (Lipinski definition) is 0. The number of aromatic nitrogens is 3. The third kappa shape index (κ3) is 2.93. The van der Waals surface area contributed by atoms with Crippen molar-refractivity contribution in [2.45, 2.75) is 26.2 Å². The average Bonchev–Trinajstić information content (AvgIpc) is 3.35. The van der Waals surface area contributed by atoms with Crippen LogP contribution in [0.3, 0.4) is 0 Å². The van der Waals surface area contributed by atoms with Crippen molar-refractivity contribution >= 4 is 5.91 Å². The molecule has 1 saturated heterocycles. The maximum Gasteiger partial charge on any atom is 0.276 e. The van der Waals surface area contributed by atoms with Crippen LogP contribution in [0.5, 0.6) is 0 Å². The van der Waals surface area contributed by atoms with Crippen LogP contribution >= 0.6 is 0 Å². The van der Waals surface area contributed by atoms with Gasteiger partial charge in [-0.1, -0.05) is 35.0 Å². The second-order valence-corrected chi connectivity index (χ2v) is 6.31. The Bertz CT molecular complexity index is 897. The van der Waals surface area contributed by atoms with Crippen LogP contribution in [-0.2, 0) is 0 Å². The summed E-state index contributed by atoms with van der Waals surface area (Å²) in [4.78, 5) is 23.1. The lowest BCUT2D eigenvalue weighted by Crippen LogP contribution is -2.29. The van der Waals surface area contributed by atoms with Crippen LogP contribution in [0.25, 0.3) is 11.3 Å². The Labute approximate surface area is 144 Å². The van der Waals surface area contributed by atoms with Crippen molar-refractivity contribution in [3.8, 4) is 11.3 Å². The van der Waals surface area contributed by atoms with Crippen molar-refractivity contribution in [1.29, 1.82) is 0 Å². The molecule has 4 rings (SSSR count). The Morgan fingerprint density at radius 3 is 2.76 bits per heavy atom. The van der Waals surface area contributed by atoms with Crippen LogP contribution < -0.4 is 0 Å². The topological polar surface area (TPSA) is 85.3 Å². The largest absolute Gasteiger partial charge is 0.443 e. The molecule has 1 amide bonds. The zero-order valence-corrected chi connectivity index (χ0v) is 14.1. The fourth-order valence-corrected chi connectivity index (χ4v) is 3.08. The van der Waals surface area contributed by atoms with Crippen molar-refractivity contribution in [1.82, 2.24) is 20.0 Å². The van der Waals surface area contributed by atoms with Gasteiger partial charge in [0.15, 0.2) is 23.7 Å². The molecule has 0 bridgehead atoms. The smallest absolute Gasteiger partial charge is 0.276 e. The monoisotopic (exact) mass is 338 g/mol. The molecule has 0 radical (unpaired) electrons. The summed E-state index contributed by atoms with van der Waals surface area (Å²) >= 11 is 0. The first kappa shape index (κ1) is 15.6. The highest BCUT2D eigenvalue weighted by Gasteiger charge is 2.33. The van der Waals surface area contributed by atoms with Gasteiger partial charge in [0.1, 0.15) is 0 Å². The molecule has 1 aromatic carbocycles. The number of aryl methyl sites for hydroxylation is 2. The Hall–Kier alpha value is -2.96. The van der Waals surface area contributed by atoms with E-state index in [1.807, 2.05) is 31.2 Å². The lowest BCUT2D eigenvalue weighted by molar-refractivity contribution is 0.0785. The van der Waals surface area contributed by atoms with Crippen LogP contribution in [0.2, 0.25) is 0 Å². The molecule has 0 N–H and O–H groups in total. The third-order valence-corrected chi connectivity index (χ3v) is 4.45. The fourth-order valence-electron chi connectivity index (χ4n) is 3.08. The predicted octanol–water partition coefficient (Wildman–Crippen LogP) is 2.97. The van der Waals surface area contributed by atoms with E-state index in [4.69, 9.17) is 8.94 Å². The molecule has 1 atom stereocenters. The molecule has 25 heavy (non-hydrogen) atoms. The minimum atomic E-state index is -0.136. The molecule has 0 aliphatic carbocycles. The van der Waals surface area contributed by atoms with Crippen molar-refractivity contribution in [2.24, 2.45) is 0 Å². The molecule has 2 aromatic heterocycles. The van der Waals surface area contributed by atoms with Crippen molar-refractivity contribution in [2.75, 3.05) is 13.1 Å². The maximum absolute atomic E-state index is 12.9. The Kier molecular flexibility index (Phi) is 3.83. The molecule has 0 unspecified atom stereocenters. The number of likely N-dealkylation sites (tertiary alicyclic amines) is 1. The summed E-state index contributed by atoms with van der Waals surface area (Å²) in [5.74, 6) is 1.63. The summed E-state index contributed by atoms with van der Waals surface area (Å²) in [7, 11) is 0. The number of nitrogens with zero attached hydrogens (tertiary/aromatic N) is 4. The third-order valence-electron chi connectivity index (χ3n) is 4.45. The molecule has 1 aliphatic heterocycles. The molecule has 3 aromatic rings. The van der Waals surface area contributed by atoms with Crippen LogP contribution in [0.1, 0.15) is 40.1 Å². The van der Waals surface area contributed by atoms with E-state index in [1.165, 1.54) is 6.39 Å². The van der Waals surface area contributed by atoms with Gasteiger partial charge in [-0.05, 0) is 20.3 Å². The highest BCUT2D eigenvalue weighted by atomic mass is 16.5. The van der Waals surface area contributed by atoms with Gasteiger partial charge in [-0.2, -0.15) is 4.98 Å². The summed E-state index contributed by atoms with van der Waals surface area (Å²) in [6, 6.07) is 7.83. The molecule has 3 heterocycles. The molecule has 0 saturated carbocycles. The van der Waals surface area contributed by atoms with Gasteiger partial charge in [0.05, 0.1) is 5.92 Å². The zero-order valence-electron chi connectivity index (χ0n) is 14.1. The fraction of sp³-hybridized carbons (Fsp3) is 0.333. The predicted molar refractivity (Wildman–Crippen MR) is 89.0 cm³/mol. The lowest BCUT2D eigenvalue weighted by atomic mass is 10.1.